The molecule has 0 radical (unpaired) electrons. The third kappa shape index (κ3) is 4.54. The van der Waals surface area contributed by atoms with Gasteiger partial charge >= 0.3 is 0 Å². The summed E-state index contributed by atoms with van der Waals surface area (Å²) < 4.78 is 12.7. The molecule has 0 N–H and O–H groups in total. The number of aromatic nitrogens is 3. The lowest BCUT2D eigenvalue weighted by Crippen LogP contribution is -2.14. The number of furan rings is 2. The zero-order valence-electron chi connectivity index (χ0n) is 29.1. The molecular weight excluding hydrogens is 651 g/mol. The largest absolute Gasteiger partial charge is 0.456 e. The molecule has 53 heavy (non-hydrogen) atoms. The smallest absolute Gasteiger partial charge is 0.164 e. The van der Waals surface area contributed by atoms with Crippen LogP contribution in [-0.2, 0) is 5.41 Å². The van der Waals surface area contributed by atoms with Gasteiger partial charge in [-0.05, 0) is 69.8 Å². The van der Waals surface area contributed by atoms with Gasteiger partial charge in [-0.25, -0.2) is 15.0 Å². The highest BCUT2D eigenvalue weighted by Gasteiger charge is 2.36. The lowest BCUT2D eigenvalue weighted by atomic mass is 9.82. The molecule has 5 nitrogen and oxygen atoms in total. The molecule has 3 heterocycles. The van der Waals surface area contributed by atoms with Gasteiger partial charge in [0.1, 0.15) is 22.3 Å². The highest BCUT2D eigenvalue weighted by Crippen LogP contribution is 2.51. The molecule has 5 heteroatoms. The molecular formula is C48H31N3O2. The van der Waals surface area contributed by atoms with Crippen molar-refractivity contribution in [1.29, 1.82) is 0 Å². The minimum absolute atomic E-state index is 0.0753. The van der Waals surface area contributed by atoms with Crippen molar-refractivity contribution in [1.82, 2.24) is 15.0 Å². The molecule has 0 saturated carbocycles. The standard InChI is InChI=1S/C48H31N3O2/c1-48(2)38-16-8-6-13-32(38)35-26-37-36-25-31(23-24-41(36)53-43(37)27-39(35)48)28-19-21-30(22-20-28)46-49-45(29-11-4-3-5-12-29)50-47(51-46)34-15-10-18-42-44(34)33-14-7-9-17-40(33)52-42/h3-27H,1-2H3. The molecule has 3 aromatic heterocycles. The van der Waals surface area contributed by atoms with Gasteiger partial charge in [0.15, 0.2) is 17.5 Å². The topological polar surface area (TPSA) is 65.0 Å². The van der Waals surface area contributed by atoms with E-state index in [2.05, 4.69) is 105 Å². The number of nitrogens with zero attached hydrogens (tertiary/aromatic N) is 3. The summed E-state index contributed by atoms with van der Waals surface area (Å²) in [6, 6.07) is 52.5. The molecule has 0 unspecified atom stereocenters. The summed E-state index contributed by atoms with van der Waals surface area (Å²) in [5.41, 5.74) is 13.6. The first-order valence-electron chi connectivity index (χ1n) is 17.9. The minimum atomic E-state index is -0.0753. The maximum atomic E-state index is 6.45. The van der Waals surface area contributed by atoms with Gasteiger partial charge in [0.05, 0.1) is 0 Å². The van der Waals surface area contributed by atoms with Gasteiger partial charge in [-0.2, -0.15) is 0 Å². The van der Waals surface area contributed by atoms with Crippen LogP contribution >= 0.6 is 0 Å². The lowest BCUT2D eigenvalue weighted by molar-refractivity contribution is 0.647. The average Bonchev–Trinajstić information content (AvgIpc) is 3.84. The first-order valence-corrected chi connectivity index (χ1v) is 17.9. The second kappa shape index (κ2) is 11.1. The van der Waals surface area contributed by atoms with E-state index in [1.807, 2.05) is 60.7 Å². The molecule has 0 saturated heterocycles. The van der Waals surface area contributed by atoms with Crippen LogP contribution in [0.4, 0.5) is 0 Å². The predicted molar refractivity (Wildman–Crippen MR) is 214 cm³/mol. The Hall–Kier alpha value is -6.85. The summed E-state index contributed by atoms with van der Waals surface area (Å²) in [7, 11) is 0. The summed E-state index contributed by atoms with van der Waals surface area (Å²) in [4.78, 5) is 15.1. The van der Waals surface area contributed by atoms with Crippen LogP contribution in [0.15, 0.2) is 160 Å². The second-order valence-electron chi connectivity index (χ2n) is 14.4. The van der Waals surface area contributed by atoms with Crippen LogP contribution in [0.2, 0.25) is 0 Å². The molecule has 0 amide bonds. The van der Waals surface area contributed by atoms with Gasteiger partial charge < -0.3 is 8.83 Å². The molecule has 1 aliphatic carbocycles. The van der Waals surface area contributed by atoms with Crippen LogP contribution in [0.25, 0.3) is 100 Å². The highest BCUT2D eigenvalue weighted by atomic mass is 16.3. The number of para-hydroxylation sites is 1. The molecule has 1 aliphatic rings. The summed E-state index contributed by atoms with van der Waals surface area (Å²) in [6.45, 7) is 4.60. The zero-order chi connectivity index (χ0) is 35.3. The maximum Gasteiger partial charge on any atom is 0.164 e. The van der Waals surface area contributed by atoms with Crippen molar-refractivity contribution >= 4 is 43.9 Å². The Bertz CT molecular complexity index is 3080. The molecule has 11 rings (SSSR count). The fourth-order valence-electron chi connectivity index (χ4n) is 8.26. The summed E-state index contributed by atoms with van der Waals surface area (Å²) in [5, 5.41) is 4.28. The van der Waals surface area contributed by atoms with E-state index in [-0.39, 0.29) is 5.41 Å². The van der Waals surface area contributed by atoms with E-state index in [0.717, 1.165) is 71.7 Å². The number of rotatable bonds is 4. The normalized spacial score (nSPS) is 13.2. The number of hydrogen-bond acceptors (Lipinski definition) is 5. The van der Waals surface area contributed by atoms with E-state index in [1.54, 1.807) is 0 Å². The molecule has 0 fully saturated rings. The van der Waals surface area contributed by atoms with E-state index in [0.29, 0.717) is 17.5 Å². The van der Waals surface area contributed by atoms with E-state index in [9.17, 15) is 0 Å². The van der Waals surface area contributed by atoms with Crippen LogP contribution in [0.1, 0.15) is 25.0 Å². The molecule has 7 aromatic carbocycles. The number of hydrogen-bond donors (Lipinski definition) is 0. The van der Waals surface area contributed by atoms with Crippen LogP contribution in [0.3, 0.4) is 0 Å². The monoisotopic (exact) mass is 681 g/mol. The van der Waals surface area contributed by atoms with Crippen LogP contribution in [-0.4, -0.2) is 15.0 Å². The van der Waals surface area contributed by atoms with Crippen LogP contribution in [0.5, 0.6) is 0 Å². The Labute approximate surface area is 305 Å². The summed E-state index contributed by atoms with van der Waals surface area (Å²) in [6.07, 6.45) is 0. The van der Waals surface area contributed by atoms with Crippen molar-refractivity contribution < 1.29 is 8.83 Å². The van der Waals surface area contributed by atoms with Crippen molar-refractivity contribution in [2.24, 2.45) is 0 Å². The van der Waals surface area contributed by atoms with Crippen molar-refractivity contribution in [3.8, 4) is 56.4 Å². The fraction of sp³-hybridized carbons (Fsp3) is 0.0625. The third-order valence-electron chi connectivity index (χ3n) is 11.0. The molecule has 0 atom stereocenters. The molecule has 250 valence electrons. The zero-order valence-corrected chi connectivity index (χ0v) is 29.1. The number of benzene rings is 7. The number of fused-ring (bicyclic) bond motifs is 9. The van der Waals surface area contributed by atoms with Crippen molar-refractivity contribution in [2.45, 2.75) is 19.3 Å². The highest BCUT2D eigenvalue weighted by molar-refractivity contribution is 6.12. The van der Waals surface area contributed by atoms with E-state index >= 15 is 0 Å². The Morgan fingerprint density at radius 2 is 0.981 bits per heavy atom. The van der Waals surface area contributed by atoms with E-state index < -0.39 is 0 Å². The first kappa shape index (κ1) is 29.8. The van der Waals surface area contributed by atoms with Crippen LogP contribution in [0, 0.1) is 0 Å². The van der Waals surface area contributed by atoms with Crippen molar-refractivity contribution in [3.63, 3.8) is 0 Å². The van der Waals surface area contributed by atoms with Gasteiger partial charge in [0.25, 0.3) is 0 Å². The minimum Gasteiger partial charge on any atom is -0.456 e. The van der Waals surface area contributed by atoms with Gasteiger partial charge in [-0.15, -0.1) is 0 Å². The van der Waals surface area contributed by atoms with Crippen molar-refractivity contribution in [3.05, 3.63) is 163 Å². The maximum absolute atomic E-state index is 6.45. The average molecular weight is 682 g/mol. The third-order valence-corrected chi connectivity index (χ3v) is 11.0. The van der Waals surface area contributed by atoms with Crippen molar-refractivity contribution in [2.75, 3.05) is 0 Å². The first-order chi connectivity index (χ1) is 26.0. The summed E-state index contributed by atoms with van der Waals surface area (Å²) >= 11 is 0. The fourth-order valence-corrected chi connectivity index (χ4v) is 8.26. The van der Waals surface area contributed by atoms with Crippen LogP contribution < -0.4 is 0 Å². The van der Waals surface area contributed by atoms with E-state index in [1.165, 1.54) is 22.3 Å². The van der Waals surface area contributed by atoms with Gasteiger partial charge in [0, 0.05) is 43.7 Å². The second-order valence-corrected chi connectivity index (χ2v) is 14.4. The summed E-state index contributed by atoms with van der Waals surface area (Å²) in [5.74, 6) is 1.83. The quantitative estimate of drug-likeness (QED) is 0.185. The lowest BCUT2D eigenvalue weighted by Gasteiger charge is -2.21. The SMILES string of the molecule is CC1(C)c2ccccc2-c2cc3c(cc21)oc1ccc(-c2ccc(-c4nc(-c5ccccc5)nc(-c5cccc6oc7ccccc7c56)n4)cc2)cc13. The molecule has 0 aliphatic heterocycles. The Morgan fingerprint density at radius 3 is 1.83 bits per heavy atom. The Morgan fingerprint density at radius 1 is 0.377 bits per heavy atom. The Kier molecular flexibility index (Phi) is 6.23. The predicted octanol–water partition coefficient (Wildman–Crippen LogP) is 12.6. The van der Waals surface area contributed by atoms with Gasteiger partial charge in [-0.3, -0.25) is 0 Å². The van der Waals surface area contributed by atoms with Gasteiger partial charge in [-0.1, -0.05) is 129 Å². The van der Waals surface area contributed by atoms with E-state index in [4.69, 9.17) is 23.8 Å². The molecule has 0 spiro atoms. The van der Waals surface area contributed by atoms with Gasteiger partial charge in [0.2, 0.25) is 0 Å². The molecule has 0 bridgehead atoms. The molecule has 10 aromatic rings. The Balaban J connectivity index is 1.01.